The molecule has 158 valence electrons. The lowest BCUT2D eigenvalue weighted by molar-refractivity contribution is -0.144. The number of hydrogen-bond acceptors (Lipinski definition) is 3. The number of alkyl halides is 3. The molecule has 29 heavy (non-hydrogen) atoms. The summed E-state index contributed by atoms with van der Waals surface area (Å²) in [6.07, 6.45) is -3.64. The molecule has 0 radical (unpaired) electrons. The van der Waals surface area contributed by atoms with Gasteiger partial charge in [-0.1, -0.05) is 12.1 Å². The van der Waals surface area contributed by atoms with Crippen molar-refractivity contribution < 1.29 is 22.8 Å². The third-order valence-electron chi connectivity index (χ3n) is 5.13. The van der Waals surface area contributed by atoms with Crippen LogP contribution in [0.4, 0.5) is 13.2 Å². The van der Waals surface area contributed by atoms with E-state index < -0.39 is 24.7 Å². The summed E-state index contributed by atoms with van der Waals surface area (Å²) in [5.41, 5.74) is 1.27. The number of aryl methyl sites for hydroxylation is 2. The van der Waals surface area contributed by atoms with E-state index in [-0.39, 0.29) is 24.6 Å². The number of rotatable bonds is 6. The van der Waals surface area contributed by atoms with Gasteiger partial charge in [0.25, 0.3) is 0 Å². The fraction of sp³-hybridized carbons (Fsp3) is 0.526. The molecule has 1 saturated heterocycles. The van der Waals surface area contributed by atoms with Crippen LogP contribution in [0.2, 0.25) is 0 Å². The smallest absolute Gasteiger partial charge is 0.345 e. The number of likely N-dealkylation sites (tertiary alicyclic amines) is 1. The van der Waals surface area contributed by atoms with Crippen molar-refractivity contribution in [3.63, 3.8) is 0 Å². The number of nitrogens with zero attached hydrogens (tertiary/aromatic N) is 3. The van der Waals surface area contributed by atoms with Crippen LogP contribution in [-0.2, 0) is 22.7 Å². The van der Waals surface area contributed by atoms with E-state index in [9.17, 15) is 27.6 Å². The summed E-state index contributed by atoms with van der Waals surface area (Å²) in [5.74, 6) is -1.15. The van der Waals surface area contributed by atoms with Crippen molar-refractivity contribution in [3.8, 4) is 0 Å². The lowest BCUT2D eigenvalue weighted by Crippen LogP contribution is -2.48. The number of carbonyl (C=O) groups excluding carboxylic acids is 2. The normalized spacial score (nSPS) is 17.1. The molecule has 2 heterocycles. The molecule has 0 saturated carbocycles. The third kappa shape index (κ3) is 4.46. The molecule has 0 aliphatic carbocycles. The van der Waals surface area contributed by atoms with Crippen LogP contribution < -0.4 is 11.0 Å². The van der Waals surface area contributed by atoms with Crippen LogP contribution in [0.3, 0.4) is 0 Å². The predicted octanol–water partition coefficient (Wildman–Crippen LogP) is 1.88. The molecule has 1 aromatic carbocycles. The Morgan fingerprint density at radius 1 is 1.17 bits per heavy atom. The summed E-state index contributed by atoms with van der Waals surface area (Å²) in [5, 5.41) is 1.85. The van der Waals surface area contributed by atoms with E-state index in [0.29, 0.717) is 31.4 Å². The number of carbonyl (C=O) groups is 2. The van der Waals surface area contributed by atoms with E-state index in [1.165, 1.54) is 9.47 Å². The molecule has 2 amide bonds. The fourth-order valence-electron chi connectivity index (χ4n) is 3.79. The minimum atomic E-state index is -4.50. The molecule has 1 unspecified atom stereocenters. The van der Waals surface area contributed by atoms with Gasteiger partial charge in [0.1, 0.15) is 12.6 Å². The summed E-state index contributed by atoms with van der Waals surface area (Å²) in [6, 6.07) is 6.37. The van der Waals surface area contributed by atoms with E-state index in [4.69, 9.17) is 0 Å². The third-order valence-corrected chi connectivity index (χ3v) is 5.13. The van der Waals surface area contributed by atoms with Crippen LogP contribution in [0.5, 0.6) is 0 Å². The first kappa shape index (κ1) is 20.9. The summed E-state index contributed by atoms with van der Waals surface area (Å²) < 4.78 is 40.1. The van der Waals surface area contributed by atoms with Gasteiger partial charge in [-0.15, -0.1) is 0 Å². The Balaban J connectivity index is 1.69. The van der Waals surface area contributed by atoms with E-state index in [1.807, 2.05) is 30.4 Å². The van der Waals surface area contributed by atoms with Crippen molar-refractivity contribution in [3.05, 3.63) is 34.7 Å². The Bertz CT molecular complexity index is 964. The number of aromatic nitrogens is 2. The number of fused-ring (bicyclic) bond motifs is 1. The Kier molecular flexibility index (Phi) is 5.99. The van der Waals surface area contributed by atoms with Crippen molar-refractivity contribution in [2.45, 2.75) is 51.5 Å². The largest absolute Gasteiger partial charge is 0.405 e. The molecular weight excluding hydrogens is 389 g/mol. The van der Waals surface area contributed by atoms with Crippen LogP contribution in [0.1, 0.15) is 26.2 Å². The average molecular weight is 412 g/mol. The Labute approximate surface area is 165 Å². The minimum absolute atomic E-state index is 0.0132. The number of amides is 2. The molecule has 1 aliphatic heterocycles. The first-order valence-corrected chi connectivity index (χ1v) is 9.55. The van der Waals surface area contributed by atoms with Gasteiger partial charge in [0.05, 0.1) is 11.0 Å². The molecule has 1 fully saturated rings. The van der Waals surface area contributed by atoms with E-state index in [0.717, 1.165) is 5.52 Å². The van der Waals surface area contributed by atoms with Gasteiger partial charge in [0.2, 0.25) is 11.8 Å². The van der Waals surface area contributed by atoms with Gasteiger partial charge in [-0.2, -0.15) is 13.2 Å². The topological polar surface area (TPSA) is 76.3 Å². The molecule has 1 N–H and O–H groups in total. The number of nitrogens with one attached hydrogen (secondary N) is 1. The first-order valence-electron chi connectivity index (χ1n) is 9.55. The maximum atomic E-state index is 12.7. The van der Waals surface area contributed by atoms with Crippen molar-refractivity contribution in [1.29, 1.82) is 0 Å². The number of hydrogen-bond donors (Lipinski definition) is 1. The maximum Gasteiger partial charge on any atom is 0.405 e. The monoisotopic (exact) mass is 412 g/mol. The highest BCUT2D eigenvalue weighted by Crippen LogP contribution is 2.20. The fourth-order valence-corrected chi connectivity index (χ4v) is 3.79. The summed E-state index contributed by atoms with van der Waals surface area (Å²) in [6.45, 7) is 1.38. The van der Waals surface area contributed by atoms with Crippen LogP contribution >= 0.6 is 0 Å². The summed E-state index contributed by atoms with van der Waals surface area (Å²) in [4.78, 5) is 38.7. The van der Waals surface area contributed by atoms with Gasteiger partial charge in [0, 0.05) is 26.1 Å². The maximum absolute atomic E-state index is 12.7. The van der Waals surface area contributed by atoms with Crippen molar-refractivity contribution in [2.24, 2.45) is 0 Å². The van der Waals surface area contributed by atoms with Crippen LogP contribution in [0.25, 0.3) is 11.0 Å². The second kappa shape index (κ2) is 8.30. The van der Waals surface area contributed by atoms with Crippen LogP contribution in [-0.4, -0.2) is 51.2 Å². The van der Waals surface area contributed by atoms with E-state index >= 15 is 0 Å². The van der Waals surface area contributed by atoms with E-state index in [1.54, 1.807) is 10.6 Å². The number of imidazole rings is 1. The standard InChI is InChI=1S/C19H23F3N4O3/c1-2-24-13-6-3-4-7-14(13)26(18(24)29)11-9-16(27)25-10-5-8-15(25)17(28)23-12-19(20,21)22/h3-4,6-7,15H,2,5,8-12H2,1H3,(H,23,28). The van der Waals surface area contributed by atoms with Crippen LogP contribution in [0, 0.1) is 0 Å². The predicted molar refractivity (Wildman–Crippen MR) is 100 cm³/mol. The van der Waals surface area contributed by atoms with Crippen molar-refractivity contribution in [2.75, 3.05) is 13.1 Å². The Hall–Kier alpha value is -2.78. The second-order valence-corrected chi connectivity index (χ2v) is 7.00. The van der Waals surface area contributed by atoms with Gasteiger partial charge in [0.15, 0.2) is 0 Å². The lowest BCUT2D eigenvalue weighted by atomic mass is 10.2. The highest BCUT2D eigenvalue weighted by Gasteiger charge is 2.36. The zero-order chi connectivity index (χ0) is 21.2. The molecule has 0 bridgehead atoms. The molecule has 3 rings (SSSR count). The van der Waals surface area contributed by atoms with Gasteiger partial charge >= 0.3 is 11.9 Å². The molecule has 1 atom stereocenters. The van der Waals surface area contributed by atoms with Gasteiger partial charge in [-0.3, -0.25) is 18.7 Å². The van der Waals surface area contributed by atoms with Gasteiger partial charge < -0.3 is 10.2 Å². The lowest BCUT2D eigenvalue weighted by Gasteiger charge is -2.24. The van der Waals surface area contributed by atoms with Crippen LogP contribution in [0.15, 0.2) is 29.1 Å². The molecule has 10 heteroatoms. The number of para-hydroxylation sites is 2. The van der Waals surface area contributed by atoms with Crippen molar-refractivity contribution >= 4 is 22.8 Å². The second-order valence-electron chi connectivity index (χ2n) is 7.00. The average Bonchev–Trinajstić information content (AvgIpc) is 3.26. The quantitative estimate of drug-likeness (QED) is 0.787. The highest BCUT2D eigenvalue weighted by atomic mass is 19.4. The van der Waals surface area contributed by atoms with Gasteiger partial charge in [-0.25, -0.2) is 4.79 Å². The number of halogens is 3. The Morgan fingerprint density at radius 2 is 1.83 bits per heavy atom. The molecule has 7 nitrogen and oxygen atoms in total. The zero-order valence-electron chi connectivity index (χ0n) is 16.0. The van der Waals surface area contributed by atoms with Gasteiger partial charge in [-0.05, 0) is 31.9 Å². The summed E-state index contributed by atoms with van der Waals surface area (Å²) in [7, 11) is 0. The number of benzene rings is 1. The zero-order valence-corrected chi connectivity index (χ0v) is 16.0. The SMILES string of the molecule is CCn1c(=O)n(CCC(=O)N2CCCC2C(=O)NCC(F)(F)F)c2ccccc21. The molecule has 1 aromatic heterocycles. The Morgan fingerprint density at radius 3 is 2.45 bits per heavy atom. The summed E-state index contributed by atoms with van der Waals surface area (Å²) >= 11 is 0. The first-order chi connectivity index (χ1) is 13.7. The van der Waals surface area contributed by atoms with Crippen molar-refractivity contribution in [1.82, 2.24) is 19.4 Å². The molecule has 2 aromatic rings. The molecular formula is C19H23F3N4O3. The highest BCUT2D eigenvalue weighted by molar-refractivity contribution is 5.88. The van der Waals surface area contributed by atoms with E-state index in [2.05, 4.69) is 0 Å². The molecule has 1 aliphatic rings. The molecule has 0 spiro atoms. The minimum Gasteiger partial charge on any atom is -0.345 e.